The Labute approximate surface area is 85.3 Å². The number of allylic oxidation sites excluding steroid dienone is 3. The van der Waals surface area contributed by atoms with Crippen LogP contribution in [0.25, 0.3) is 0 Å². The van der Waals surface area contributed by atoms with Crippen molar-refractivity contribution in [3.8, 4) is 6.07 Å². The standard InChI is InChI=1S/C11H16N2O/c12-6-4-2-1-3-5-7-13-8-10-14-11-9-13/h1,3,5,7H,2,4,8-11H2/b3-1+,7-5+. The van der Waals surface area contributed by atoms with E-state index in [0.29, 0.717) is 6.42 Å². The number of morpholine rings is 1. The number of unbranched alkanes of at least 4 members (excludes halogenated alkanes) is 1. The van der Waals surface area contributed by atoms with E-state index in [-0.39, 0.29) is 0 Å². The van der Waals surface area contributed by atoms with Crippen LogP contribution in [0.5, 0.6) is 0 Å². The van der Waals surface area contributed by atoms with Crippen LogP contribution in [0.3, 0.4) is 0 Å². The van der Waals surface area contributed by atoms with Crippen LogP contribution in [-0.2, 0) is 4.74 Å². The minimum Gasteiger partial charge on any atom is -0.378 e. The van der Waals surface area contributed by atoms with Crippen molar-refractivity contribution in [2.24, 2.45) is 0 Å². The second kappa shape index (κ2) is 7.16. The predicted molar refractivity (Wildman–Crippen MR) is 55.5 cm³/mol. The molecule has 0 spiro atoms. The van der Waals surface area contributed by atoms with Crippen molar-refractivity contribution in [1.82, 2.24) is 4.90 Å². The topological polar surface area (TPSA) is 36.3 Å². The molecule has 0 saturated carbocycles. The first kappa shape index (κ1) is 10.8. The highest BCUT2D eigenvalue weighted by Gasteiger charge is 2.03. The van der Waals surface area contributed by atoms with Crippen LogP contribution in [-0.4, -0.2) is 31.2 Å². The van der Waals surface area contributed by atoms with Gasteiger partial charge in [-0.15, -0.1) is 0 Å². The molecule has 0 unspecified atom stereocenters. The van der Waals surface area contributed by atoms with Gasteiger partial charge in [-0.3, -0.25) is 0 Å². The molecule has 0 aromatic rings. The van der Waals surface area contributed by atoms with Crippen molar-refractivity contribution in [2.75, 3.05) is 26.3 Å². The summed E-state index contributed by atoms with van der Waals surface area (Å²) < 4.78 is 5.23. The van der Waals surface area contributed by atoms with Gasteiger partial charge >= 0.3 is 0 Å². The maximum absolute atomic E-state index is 8.30. The maximum Gasteiger partial charge on any atom is 0.0642 e. The average molecular weight is 192 g/mol. The molecule has 0 atom stereocenters. The Kier molecular flexibility index (Phi) is 5.53. The summed E-state index contributed by atoms with van der Waals surface area (Å²) in [5.74, 6) is 0. The lowest BCUT2D eigenvalue weighted by Gasteiger charge is -2.24. The van der Waals surface area contributed by atoms with Gasteiger partial charge in [-0.25, -0.2) is 0 Å². The Morgan fingerprint density at radius 1 is 1.29 bits per heavy atom. The Morgan fingerprint density at radius 3 is 2.79 bits per heavy atom. The Morgan fingerprint density at radius 2 is 2.07 bits per heavy atom. The molecule has 3 nitrogen and oxygen atoms in total. The first-order valence-corrected chi connectivity index (χ1v) is 4.95. The fraction of sp³-hybridized carbons (Fsp3) is 0.545. The van der Waals surface area contributed by atoms with Crippen LogP contribution >= 0.6 is 0 Å². The monoisotopic (exact) mass is 192 g/mol. The lowest BCUT2D eigenvalue weighted by molar-refractivity contribution is 0.0594. The molecule has 1 saturated heterocycles. The van der Waals surface area contributed by atoms with E-state index >= 15 is 0 Å². The zero-order valence-corrected chi connectivity index (χ0v) is 8.35. The largest absolute Gasteiger partial charge is 0.378 e. The average Bonchev–Trinajstić information content (AvgIpc) is 2.25. The molecule has 0 amide bonds. The number of hydrogen-bond donors (Lipinski definition) is 0. The smallest absolute Gasteiger partial charge is 0.0642 e. The molecule has 1 fully saturated rings. The van der Waals surface area contributed by atoms with Crippen molar-refractivity contribution in [2.45, 2.75) is 12.8 Å². The first-order valence-electron chi connectivity index (χ1n) is 4.95. The molecule has 1 aliphatic heterocycles. The van der Waals surface area contributed by atoms with Crippen molar-refractivity contribution < 1.29 is 4.74 Å². The van der Waals surface area contributed by atoms with Gasteiger partial charge in [0.05, 0.1) is 19.3 Å². The lowest BCUT2D eigenvalue weighted by atomic mass is 10.3. The molecule has 0 N–H and O–H groups in total. The molecule has 1 rings (SSSR count). The van der Waals surface area contributed by atoms with Crippen molar-refractivity contribution in [3.63, 3.8) is 0 Å². The third-order valence-corrected chi connectivity index (χ3v) is 2.01. The Bertz CT molecular complexity index is 234. The maximum atomic E-state index is 8.30. The van der Waals surface area contributed by atoms with Crippen LogP contribution in [0.15, 0.2) is 24.4 Å². The number of hydrogen-bond acceptors (Lipinski definition) is 3. The van der Waals surface area contributed by atoms with Gasteiger partial charge in [0.25, 0.3) is 0 Å². The zero-order valence-electron chi connectivity index (χ0n) is 8.35. The zero-order chi connectivity index (χ0) is 10.1. The molecule has 0 bridgehead atoms. The minimum absolute atomic E-state index is 0.599. The van der Waals surface area contributed by atoms with Gasteiger partial charge in [0.1, 0.15) is 0 Å². The van der Waals surface area contributed by atoms with Crippen molar-refractivity contribution in [1.29, 1.82) is 5.26 Å². The van der Waals surface area contributed by atoms with E-state index in [1.807, 2.05) is 18.2 Å². The highest BCUT2D eigenvalue weighted by atomic mass is 16.5. The summed E-state index contributed by atoms with van der Waals surface area (Å²) in [6, 6.07) is 2.11. The van der Waals surface area contributed by atoms with Gasteiger partial charge in [0, 0.05) is 19.5 Å². The van der Waals surface area contributed by atoms with E-state index < -0.39 is 0 Å². The summed E-state index contributed by atoms with van der Waals surface area (Å²) in [6.45, 7) is 3.59. The van der Waals surface area contributed by atoms with Gasteiger partial charge < -0.3 is 9.64 Å². The van der Waals surface area contributed by atoms with E-state index in [4.69, 9.17) is 10.00 Å². The van der Waals surface area contributed by atoms with Crippen molar-refractivity contribution in [3.05, 3.63) is 24.4 Å². The third-order valence-electron chi connectivity index (χ3n) is 2.01. The SMILES string of the molecule is N#CCC/C=C/C=C/N1CCOCC1. The first-order chi connectivity index (χ1) is 6.93. The van der Waals surface area contributed by atoms with Crippen LogP contribution in [0.4, 0.5) is 0 Å². The van der Waals surface area contributed by atoms with E-state index in [1.54, 1.807) is 0 Å². The highest BCUT2D eigenvalue weighted by molar-refractivity contribution is 5.02. The Balaban J connectivity index is 2.12. The van der Waals surface area contributed by atoms with Gasteiger partial charge in [-0.2, -0.15) is 5.26 Å². The molecule has 3 heteroatoms. The molecule has 0 radical (unpaired) electrons. The van der Waals surface area contributed by atoms with Crippen LogP contribution in [0.1, 0.15) is 12.8 Å². The summed E-state index contributed by atoms with van der Waals surface area (Å²) in [7, 11) is 0. The molecule has 0 aromatic heterocycles. The molecule has 76 valence electrons. The number of nitrogens with zero attached hydrogens (tertiary/aromatic N) is 2. The molecule has 1 aliphatic rings. The van der Waals surface area contributed by atoms with E-state index in [2.05, 4.69) is 17.2 Å². The number of rotatable bonds is 4. The fourth-order valence-electron chi connectivity index (χ4n) is 1.22. The lowest BCUT2D eigenvalue weighted by Crippen LogP contribution is -2.31. The van der Waals surface area contributed by atoms with Gasteiger partial charge in [0.15, 0.2) is 0 Å². The molecule has 0 aromatic carbocycles. The number of nitriles is 1. The molecule has 1 heterocycles. The van der Waals surface area contributed by atoms with Gasteiger partial charge in [-0.05, 0) is 18.7 Å². The van der Waals surface area contributed by atoms with Crippen LogP contribution in [0.2, 0.25) is 0 Å². The highest BCUT2D eigenvalue weighted by Crippen LogP contribution is 1.97. The minimum atomic E-state index is 0.599. The summed E-state index contributed by atoms with van der Waals surface area (Å²) in [5.41, 5.74) is 0. The number of ether oxygens (including phenoxy) is 1. The summed E-state index contributed by atoms with van der Waals surface area (Å²) in [4.78, 5) is 2.23. The normalized spacial score (nSPS) is 17.8. The molecular weight excluding hydrogens is 176 g/mol. The molecule has 14 heavy (non-hydrogen) atoms. The second-order valence-corrected chi connectivity index (χ2v) is 3.11. The van der Waals surface area contributed by atoms with E-state index in [9.17, 15) is 0 Å². The van der Waals surface area contributed by atoms with Crippen LogP contribution in [0, 0.1) is 11.3 Å². The second-order valence-electron chi connectivity index (χ2n) is 3.11. The summed E-state index contributed by atoms with van der Waals surface area (Å²) >= 11 is 0. The fourth-order valence-corrected chi connectivity index (χ4v) is 1.22. The molecular formula is C11H16N2O. The summed E-state index contributed by atoms with van der Waals surface area (Å²) in [6.07, 6.45) is 9.53. The third kappa shape index (κ3) is 4.68. The van der Waals surface area contributed by atoms with Gasteiger partial charge in [-0.1, -0.05) is 12.2 Å². The summed E-state index contributed by atoms with van der Waals surface area (Å²) in [5, 5.41) is 8.30. The quantitative estimate of drug-likeness (QED) is 0.502. The van der Waals surface area contributed by atoms with E-state index in [0.717, 1.165) is 32.7 Å². The predicted octanol–water partition coefficient (Wildman–Crippen LogP) is 1.69. The van der Waals surface area contributed by atoms with Gasteiger partial charge in [0.2, 0.25) is 0 Å². The van der Waals surface area contributed by atoms with E-state index in [1.165, 1.54) is 0 Å². The van der Waals surface area contributed by atoms with Crippen molar-refractivity contribution >= 4 is 0 Å². The van der Waals surface area contributed by atoms with Crippen LogP contribution < -0.4 is 0 Å². The Hall–Kier alpha value is -1.27. The molecule has 0 aliphatic carbocycles.